The minimum Gasteiger partial charge on any atom is -0.504 e. The number of benzene rings is 2. The monoisotopic (exact) mass is 452 g/mol. The molecule has 0 aliphatic carbocycles. The first-order valence-corrected chi connectivity index (χ1v) is 8.76. The molecule has 0 saturated carbocycles. The quantitative estimate of drug-likeness (QED) is 0.174. The molecular weight excluding hydrogens is 436 g/mol. The summed E-state index contributed by atoms with van der Waals surface area (Å²) in [6.07, 6.45) is -4.98. The zero-order valence-corrected chi connectivity index (χ0v) is 15.8. The number of aliphatic hydroxyl groups is 1. The molecule has 32 heavy (non-hydrogen) atoms. The van der Waals surface area contributed by atoms with Crippen molar-refractivity contribution in [2.75, 3.05) is 6.61 Å². The van der Waals surface area contributed by atoms with Crippen LogP contribution in [0.25, 0.3) is 0 Å². The summed E-state index contributed by atoms with van der Waals surface area (Å²) in [5, 5.41) is 66.2. The zero-order chi connectivity index (χ0) is 23.7. The lowest BCUT2D eigenvalue weighted by Gasteiger charge is -2.20. The molecule has 13 nitrogen and oxygen atoms in total. The smallest absolute Gasteiger partial charge is 0.352 e. The standard InChI is InChI=1S/C19H16O13/c20-5-12-15(31-17(27)6-1-8(21)13(25)9(22)2-6)16(19(29)30-12)32-18(28)7-3-10(23)14(26)11(24)4-7/h1-4,12,15-16,20-26H,5H2/t12-,15+,16-/m1/s1. The Kier molecular flexibility index (Phi) is 5.85. The summed E-state index contributed by atoms with van der Waals surface area (Å²) >= 11 is 0. The number of ether oxygens (including phenoxy) is 3. The second kappa shape index (κ2) is 8.39. The second-order valence-electron chi connectivity index (χ2n) is 6.58. The Hall–Kier alpha value is -4.39. The van der Waals surface area contributed by atoms with Gasteiger partial charge in [0.25, 0.3) is 0 Å². The SMILES string of the molecule is O=C(O[C@H]1[C@@H](CO)OC(=O)[C@@H]1OC(=O)c1cc(O)c(O)c(O)c1)c1cc(O)c(O)c(O)c1. The van der Waals surface area contributed by atoms with E-state index in [0.717, 1.165) is 24.3 Å². The summed E-state index contributed by atoms with van der Waals surface area (Å²) in [5.74, 6) is -8.87. The fraction of sp³-hybridized carbons (Fsp3) is 0.211. The van der Waals surface area contributed by atoms with Crippen LogP contribution in [0.2, 0.25) is 0 Å². The number of aromatic hydroxyl groups is 6. The number of carbonyl (C=O) groups is 3. The molecule has 1 aliphatic rings. The van der Waals surface area contributed by atoms with Crippen molar-refractivity contribution in [2.45, 2.75) is 18.3 Å². The van der Waals surface area contributed by atoms with Crippen LogP contribution in [0.3, 0.4) is 0 Å². The molecule has 1 heterocycles. The first kappa shape index (κ1) is 22.3. The molecule has 170 valence electrons. The highest BCUT2D eigenvalue weighted by molar-refractivity contribution is 5.94. The average Bonchev–Trinajstić information content (AvgIpc) is 3.03. The number of cyclic esters (lactones) is 1. The van der Waals surface area contributed by atoms with E-state index in [-0.39, 0.29) is 0 Å². The van der Waals surface area contributed by atoms with Gasteiger partial charge in [-0.2, -0.15) is 0 Å². The molecule has 1 fully saturated rings. The summed E-state index contributed by atoms with van der Waals surface area (Å²) in [7, 11) is 0. The Bertz CT molecular complexity index is 1050. The molecule has 0 radical (unpaired) electrons. The molecule has 3 rings (SSSR count). The molecule has 1 saturated heterocycles. The van der Waals surface area contributed by atoms with Gasteiger partial charge in [-0.3, -0.25) is 0 Å². The van der Waals surface area contributed by atoms with Crippen LogP contribution in [-0.2, 0) is 19.0 Å². The van der Waals surface area contributed by atoms with Crippen molar-refractivity contribution >= 4 is 17.9 Å². The van der Waals surface area contributed by atoms with Crippen molar-refractivity contribution in [2.24, 2.45) is 0 Å². The molecule has 3 atom stereocenters. The fourth-order valence-corrected chi connectivity index (χ4v) is 2.83. The number of esters is 3. The third kappa shape index (κ3) is 4.09. The summed E-state index contributed by atoms with van der Waals surface area (Å²) in [4.78, 5) is 36.9. The minimum absolute atomic E-state index is 0.452. The number of hydrogen-bond donors (Lipinski definition) is 7. The molecule has 0 bridgehead atoms. The van der Waals surface area contributed by atoms with E-state index in [1.165, 1.54) is 0 Å². The van der Waals surface area contributed by atoms with Crippen LogP contribution in [0.4, 0.5) is 0 Å². The van der Waals surface area contributed by atoms with Crippen LogP contribution in [-0.4, -0.2) is 78.6 Å². The van der Waals surface area contributed by atoms with Crippen LogP contribution in [0.5, 0.6) is 34.5 Å². The van der Waals surface area contributed by atoms with Crippen LogP contribution >= 0.6 is 0 Å². The van der Waals surface area contributed by atoms with Gasteiger partial charge in [0.15, 0.2) is 46.7 Å². The van der Waals surface area contributed by atoms with Crippen molar-refractivity contribution in [1.82, 2.24) is 0 Å². The average molecular weight is 452 g/mol. The maximum Gasteiger partial charge on any atom is 0.352 e. The van der Waals surface area contributed by atoms with E-state index in [9.17, 15) is 50.1 Å². The first-order valence-electron chi connectivity index (χ1n) is 8.76. The summed E-state index contributed by atoms with van der Waals surface area (Å²) in [5.41, 5.74) is -0.927. The minimum atomic E-state index is -1.87. The lowest BCUT2D eigenvalue weighted by atomic mass is 10.1. The van der Waals surface area contributed by atoms with Gasteiger partial charge in [0.2, 0.25) is 6.10 Å². The Morgan fingerprint density at radius 3 is 1.59 bits per heavy atom. The fourth-order valence-electron chi connectivity index (χ4n) is 2.83. The molecule has 0 unspecified atom stereocenters. The van der Waals surface area contributed by atoms with Gasteiger partial charge < -0.3 is 50.0 Å². The van der Waals surface area contributed by atoms with Gasteiger partial charge in [-0.1, -0.05) is 0 Å². The highest BCUT2D eigenvalue weighted by atomic mass is 16.7. The highest BCUT2D eigenvalue weighted by Gasteiger charge is 2.50. The van der Waals surface area contributed by atoms with E-state index in [1.54, 1.807) is 0 Å². The predicted octanol–water partition coefficient (Wildman–Crippen LogP) is -0.411. The van der Waals surface area contributed by atoms with Crippen LogP contribution < -0.4 is 0 Å². The number of hydrogen-bond acceptors (Lipinski definition) is 13. The van der Waals surface area contributed by atoms with Crippen molar-refractivity contribution in [3.05, 3.63) is 35.4 Å². The van der Waals surface area contributed by atoms with E-state index >= 15 is 0 Å². The number of phenols is 6. The largest absolute Gasteiger partial charge is 0.504 e. The predicted molar refractivity (Wildman–Crippen MR) is 98.2 cm³/mol. The molecule has 13 heteroatoms. The molecule has 0 spiro atoms. The first-order chi connectivity index (χ1) is 15.0. The van der Waals surface area contributed by atoms with E-state index in [4.69, 9.17) is 14.2 Å². The van der Waals surface area contributed by atoms with E-state index in [2.05, 4.69) is 0 Å². The topological polar surface area (TPSA) is 221 Å². The summed E-state index contributed by atoms with van der Waals surface area (Å²) in [6, 6.07) is 2.99. The number of rotatable bonds is 5. The van der Waals surface area contributed by atoms with Gasteiger partial charge >= 0.3 is 17.9 Å². The third-order valence-corrected chi connectivity index (χ3v) is 4.43. The van der Waals surface area contributed by atoms with Crippen molar-refractivity contribution in [3.63, 3.8) is 0 Å². The normalized spacial score (nSPS) is 19.9. The maximum atomic E-state index is 12.4. The molecule has 2 aromatic rings. The Morgan fingerprint density at radius 2 is 1.19 bits per heavy atom. The molecule has 2 aromatic carbocycles. The van der Waals surface area contributed by atoms with Crippen LogP contribution in [0.15, 0.2) is 24.3 Å². The number of aliphatic hydroxyl groups excluding tert-OH is 1. The van der Waals surface area contributed by atoms with Crippen molar-refractivity contribution in [1.29, 1.82) is 0 Å². The molecule has 7 N–H and O–H groups in total. The summed E-state index contributed by atoms with van der Waals surface area (Å²) in [6.45, 7) is -0.829. The van der Waals surface area contributed by atoms with Crippen molar-refractivity contribution in [3.8, 4) is 34.5 Å². The number of carbonyl (C=O) groups excluding carboxylic acids is 3. The van der Waals surface area contributed by atoms with Gasteiger partial charge in [0.05, 0.1) is 17.7 Å². The zero-order valence-electron chi connectivity index (χ0n) is 15.8. The molecular formula is C19H16O13. The highest BCUT2D eigenvalue weighted by Crippen LogP contribution is 2.37. The lowest BCUT2D eigenvalue weighted by Crippen LogP contribution is -2.40. The third-order valence-electron chi connectivity index (χ3n) is 4.43. The Labute approximate surface area is 177 Å². The van der Waals surface area contributed by atoms with E-state index < -0.39 is 88.5 Å². The second-order valence-corrected chi connectivity index (χ2v) is 6.58. The Morgan fingerprint density at radius 1 is 0.781 bits per heavy atom. The van der Waals surface area contributed by atoms with Crippen molar-refractivity contribution < 1.29 is 64.3 Å². The van der Waals surface area contributed by atoms with Gasteiger partial charge in [-0.15, -0.1) is 0 Å². The van der Waals surface area contributed by atoms with Crippen LogP contribution in [0, 0.1) is 0 Å². The Balaban J connectivity index is 1.84. The molecule has 1 aliphatic heterocycles. The van der Waals surface area contributed by atoms with Gasteiger partial charge in [-0.05, 0) is 24.3 Å². The van der Waals surface area contributed by atoms with Gasteiger partial charge in [-0.25, -0.2) is 14.4 Å². The van der Waals surface area contributed by atoms with Gasteiger partial charge in [0.1, 0.15) is 0 Å². The molecule has 0 aromatic heterocycles. The van der Waals surface area contributed by atoms with E-state index in [0.29, 0.717) is 0 Å². The van der Waals surface area contributed by atoms with Gasteiger partial charge in [0, 0.05) is 0 Å². The lowest BCUT2D eigenvalue weighted by molar-refractivity contribution is -0.148. The van der Waals surface area contributed by atoms with E-state index in [1.807, 2.05) is 0 Å². The number of phenolic OH excluding ortho intramolecular Hbond substituents is 6. The maximum absolute atomic E-state index is 12.4. The molecule has 0 amide bonds. The van der Waals surface area contributed by atoms with Crippen LogP contribution in [0.1, 0.15) is 20.7 Å². The summed E-state index contributed by atoms with van der Waals surface area (Å²) < 4.78 is 14.9.